The molecule has 0 aliphatic heterocycles. The molecule has 2 fully saturated rings. The molecule has 0 heterocycles. The molecule has 2 heteroatoms. The van der Waals surface area contributed by atoms with E-state index in [1.54, 1.807) is 0 Å². The standard InChI is InChI=1S/C14H28O.C14H26O/c1-11(12(2)15)7-10-14(5)9-6-8-13(14,3)4;1-5-12(11-15)7-10-14(4)9-6-8-13(14,2)3/h11-12,15H,6-10H2,1-5H3;7,15H,5-6,8-11H2,1-4H3. The first kappa shape index (κ1) is 27.7. The van der Waals surface area contributed by atoms with Crippen LogP contribution in [0.2, 0.25) is 0 Å². The number of allylic oxidation sites excluding steroid dienone is 1. The van der Waals surface area contributed by atoms with E-state index in [2.05, 4.69) is 61.5 Å². The highest BCUT2D eigenvalue weighted by Gasteiger charge is 2.45. The van der Waals surface area contributed by atoms with Crippen molar-refractivity contribution in [3.05, 3.63) is 11.6 Å². The van der Waals surface area contributed by atoms with Gasteiger partial charge in [-0.2, -0.15) is 0 Å². The molecule has 0 saturated heterocycles. The molecule has 2 saturated carbocycles. The average Bonchev–Trinajstić information content (AvgIpc) is 3.08. The van der Waals surface area contributed by atoms with Crippen molar-refractivity contribution in [1.82, 2.24) is 0 Å². The lowest BCUT2D eigenvalue weighted by Crippen LogP contribution is -2.30. The SMILES string of the molecule is CC(O)C(C)CCC1(C)CCCC1(C)C.CCC(=CCC1(C)CCCC1(C)C)CO. The highest BCUT2D eigenvalue weighted by Crippen LogP contribution is 2.55. The fourth-order valence-electron chi connectivity index (χ4n) is 5.44. The third kappa shape index (κ3) is 6.83. The third-order valence-corrected chi connectivity index (χ3v) is 9.80. The van der Waals surface area contributed by atoms with Crippen molar-refractivity contribution in [2.75, 3.05) is 6.61 Å². The summed E-state index contributed by atoms with van der Waals surface area (Å²) in [5.41, 5.74) is 3.07. The van der Waals surface area contributed by atoms with E-state index >= 15 is 0 Å². The smallest absolute Gasteiger partial charge is 0.0641 e. The van der Waals surface area contributed by atoms with Gasteiger partial charge in [-0.1, -0.05) is 74.3 Å². The minimum atomic E-state index is -0.155. The van der Waals surface area contributed by atoms with Gasteiger partial charge in [0.1, 0.15) is 0 Å². The summed E-state index contributed by atoms with van der Waals surface area (Å²) in [6.07, 6.45) is 14.8. The first-order chi connectivity index (χ1) is 13.7. The lowest BCUT2D eigenvalue weighted by atomic mass is 9.66. The summed E-state index contributed by atoms with van der Waals surface area (Å²) >= 11 is 0. The fourth-order valence-corrected chi connectivity index (χ4v) is 5.44. The molecule has 0 radical (unpaired) electrons. The van der Waals surface area contributed by atoms with Crippen LogP contribution in [0.25, 0.3) is 0 Å². The summed E-state index contributed by atoms with van der Waals surface area (Å²) < 4.78 is 0. The van der Waals surface area contributed by atoms with E-state index < -0.39 is 0 Å². The van der Waals surface area contributed by atoms with Crippen LogP contribution in [0.1, 0.15) is 127 Å². The van der Waals surface area contributed by atoms with Gasteiger partial charge in [0.25, 0.3) is 0 Å². The van der Waals surface area contributed by atoms with Gasteiger partial charge in [-0.05, 0) is 91.4 Å². The van der Waals surface area contributed by atoms with Crippen molar-refractivity contribution in [2.45, 2.75) is 133 Å². The maximum Gasteiger partial charge on any atom is 0.0641 e. The predicted octanol–water partition coefficient (Wildman–Crippen LogP) is 7.92. The van der Waals surface area contributed by atoms with Crippen LogP contribution < -0.4 is 0 Å². The Morgan fingerprint density at radius 3 is 1.73 bits per heavy atom. The summed E-state index contributed by atoms with van der Waals surface area (Å²) in [4.78, 5) is 0. The number of aliphatic hydroxyl groups is 2. The molecule has 0 bridgehead atoms. The predicted molar refractivity (Wildman–Crippen MR) is 132 cm³/mol. The minimum Gasteiger partial charge on any atom is -0.393 e. The number of hydrogen-bond donors (Lipinski definition) is 2. The molecular formula is C28H54O2. The second kappa shape index (κ2) is 11.0. The maximum absolute atomic E-state index is 9.51. The quantitative estimate of drug-likeness (QED) is 0.390. The highest BCUT2D eigenvalue weighted by molar-refractivity contribution is 5.06. The zero-order chi connectivity index (χ0) is 23.2. The molecule has 0 spiro atoms. The summed E-state index contributed by atoms with van der Waals surface area (Å²) in [5, 5.41) is 18.7. The van der Waals surface area contributed by atoms with Crippen molar-refractivity contribution in [1.29, 1.82) is 0 Å². The molecule has 2 aliphatic carbocycles. The first-order valence-corrected chi connectivity index (χ1v) is 12.7. The maximum atomic E-state index is 9.51. The van der Waals surface area contributed by atoms with Crippen LogP contribution in [-0.4, -0.2) is 22.9 Å². The van der Waals surface area contributed by atoms with Crippen LogP contribution in [0.5, 0.6) is 0 Å². The molecule has 4 unspecified atom stereocenters. The van der Waals surface area contributed by atoms with Crippen molar-refractivity contribution in [3.63, 3.8) is 0 Å². The molecule has 0 aromatic carbocycles. The van der Waals surface area contributed by atoms with Crippen molar-refractivity contribution >= 4 is 0 Å². The van der Waals surface area contributed by atoms with Crippen LogP contribution in [0.15, 0.2) is 11.6 Å². The zero-order valence-electron chi connectivity index (χ0n) is 21.9. The van der Waals surface area contributed by atoms with E-state index in [-0.39, 0.29) is 12.7 Å². The van der Waals surface area contributed by atoms with Gasteiger partial charge >= 0.3 is 0 Å². The average molecular weight is 423 g/mol. The Morgan fingerprint density at radius 1 is 0.867 bits per heavy atom. The molecule has 0 aromatic rings. The van der Waals surface area contributed by atoms with Crippen LogP contribution in [0, 0.1) is 27.6 Å². The van der Waals surface area contributed by atoms with E-state index in [1.165, 1.54) is 50.5 Å². The van der Waals surface area contributed by atoms with E-state index in [9.17, 15) is 5.11 Å². The van der Waals surface area contributed by atoms with Crippen LogP contribution in [-0.2, 0) is 0 Å². The van der Waals surface area contributed by atoms with Gasteiger partial charge in [-0.3, -0.25) is 0 Å². The summed E-state index contributed by atoms with van der Waals surface area (Å²) in [7, 11) is 0. The van der Waals surface area contributed by atoms with Gasteiger partial charge in [0, 0.05) is 0 Å². The minimum absolute atomic E-state index is 0.155. The molecule has 30 heavy (non-hydrogen) atoms. The number of rotatable bonds is 8. The van der Waals surface area contributed by atoms with E-state index in [1.807, 2.05) is 6.92 Å². The summed E-state index contributed by atoms with van der Waals surface area (Å²) in [5.74, 6) is 0.443. The van der Waals surface area contributed by atoms with Gasteiger partial charge in [-0.25, -0.2) is 0 Å². The van der Waals surface area contributed by atoms with Gasteiger partial charge in [0.05, 0.1) is 12.7 Å². The van der Waals surface area contributed by atoms with Crippen molar-refractivity contribution in [3.8, 4) is 0 Å². The topological polar surface area (TPSA) is 40.5 Å². The van der Waals surface area contributed by atoms with Crippen molar-refractivity contribution < 1.29 is 10.2 Å². The van der Waals surface area contributed by atoms with E-state index in [4.69, 9.17) is 5.11 Å². The second-order valence-corrected chi connectivity index (χ2v) is 12.4. The molecule has 178 valence electrons. The molecule has 0 amide bonds. The van der Waals surface area contributed by atoms with Gasteiger partial charge in [0.2, 0.25) is 0 Å². The van der Waals surface area contributed by atoms with Crippen LogP contribution >= 0.6 is 0 Å². The number of hydrogen-bond acceptors (Lipinski definition) is 2. The molecule has 2 N–H and O–H groups in total. The Labute approximate surface area is 188 Å². The molecular weight excluding hydrogens is 368 g/mol. The molecule has 2 rings (SSSR count). The Kier molecular flexibility index (Phi) is 10.1. The Hall–Kier alpha value is -0.340. The van der Waals surface area contributed by atoms with Crippen molar-refractivity contribution in [2.24, 2.45) is 27.6 Å². The third-order valence-electron chi connectivity index (χ3n) is 9.80. The molecule has 2 aliphatic rings. The Balaban J connectivity index is 0.000000300. The highest BCUT2D eigenvalue weighted by atomic mass is 16.3. The zero-order valence-corrected chi connectivity index (χ0v) is 21.9. The van der Waals surface area contributed by atoms with Crippen LogP contribution in [0.4, 0.5) is 0 Å². The molecule has 2 nitrogen and oxygen atoms in total. The molecule has 4 atom stereocenters. The van der Waals surface area contributed by atoms with Gasteiger partial charge in [0.15, 0.2) is 0 Å². The monoisotopic (exact) mass is 422 g/mol. The summed E-state index contributed by atoms with van der Waals surface area (Å²) in [6, 6.07) is 0. The van der Waals surface area contributed by atoms with Crippen LogP contribution in [0.3, 0.4) is 0 Å². The van der Waals surface area contributed by atoms with E-state index in [0.717, 1.165) is 19.3 Å². The lowest BCUT2D eigenvalue weighted by Gasteiger charge is -2.39. The fraction of sp³-hybridized carbons (Fsp3) is 0.929. The van der Waals surface area contributed by atoms with Gasteiger partial charge in [-0.15, -0.1) is 0 Å². The first-order valence-electron chi connectivity index (χ1n) is 12.7. The lowest BCUT2D eigenvalue weighted by molar-refractivity contribution is 0.0816. The summed E-state index contributed by atoms with van der Waals surface area (Å²) in [6.45, 7) is 20.9. The Morgan fingerprint density at radius 2 is 1.37 bits per heavy atom. The molecule has 0 aromatic heterocycles. The largest absolute Gasteiger partial charge is 0.393 e. The number of aliphatic hydroxyl groups excluding tert-OH is 2. The normalized spacial score (nSPS) is 32.4. The second-order valence-electron chi connectivity index (χ2n) is 12.4. The van der Waals surface area contributed by atoms with E-state index in [0.29, 0.717) is 27.6 Å². The Bertz CT molecular complexity index is 539. The van der Waals surface area contributed by atoms with Gasteiger partial charge < -0.3 is 10.2 Å².